The molecule has 3 heteroatoms. The van der Waals surface area contributed by atoms with Crippen molar-refractivity contribution in [2.24, 2.45) is 4.99 Å². The summed E-state index contributed by atoms with van der Waals surface area (Å²) in [4.78, 5) is 4.43. The molecule has 0 bridgehead atoms. The molecule has 0 N–H and O–H groups in total. The number of hydrogen-bond donors (Lipinski definition) is 0. The molecule has 0 atom stereocenters. The molecule has 3 rings (SSSR count). The van der Waals surface area contributed by atoms with Gasteiger partial charge in [0.15, 0.2) is 0 Å². The van der Waals surface area contributed by atoms with Crippen LogP contribution in [-0.2, 0) is 11.2 Å². The fourth-order valence-corrected chi connectivity index (χ4v) is 2.89. The van der Waals surface area contributed by atoms with Crippen LogP contribution in [-0.4, -0.2) is 12.8 Å². The first-order valence-electron chi connectivity index (χ1n) is 7.78. The topological polar surface area (TPSA) is 24.9 Å². The van der Waals surface area contributed by atoms with Gasteiger partial charge in [0.05, 0.1) is 5.69 Å². The van der Waals surface area contributed by atoms with Gasteiger partial charge in [-0.05, 0) is 67.3 Å². The van der Waals surface area contributed by atoms with Crippen LogP contribution < -0.4 is 0 Å². The molecule has 2 aromatic rings. The van der Waals surface area contributed by atoms with Crippen molar-refractivity contribution >= 4 is 29.1 Å². The molecule has 0 aliphatic carbocycles. The highest BCUT2D eigenvalue weighted by molar-refractivity contribution is 6.30. The maximum atomic E-state index is 5.98. The Balaban J connectivity index is 1.98. The van der Waals surface area contributed by atoms with E-state index in [-0.39, 0.29) is 0 Å². The van der Waals surface area contributed by atoms with Crippen molar-refractivity contribution in [3.8, 4) is 0 Å². The largest absolute Gasteiger partial charge is 0.486 e. The molecule has 23 heavy (non-hydrogen) atoms. The number of epoxide rings is 1. The van der Waals surface area contributed by atoms with Crippen LogP contribution in [0.4, 0.5) is 5.69 Å². The second kappa shape index (κ2) is 6.59. The molecule has 1 heterocycles. The third-order valence-corrected chi connectivity index (χ3v) is 4.31. The van der Waals surface area contributed by atoms with Crippen molar-refractivity contribution in [1.29, 1.82) is 0 Å². The first-order chi connectivity index (χ1) is 11.1. The third kappa shape index (κ3) is 3.65. The maximum absolute atomic E-state index is 5.98. The van der Waals surface area contributed by atoms with Gasteiger partial charge in [0.2, 0.25) is 0 Å². The first kappa shape index (κ1) is 15.8. The Hall–Kier alpha value is -2.06. The summed E-state index contributed by atoms with van der Waals surface area (Å²) in [7, 11) is 0. The number of rotatable bonds is 4. The van der Waals surface area contributed by atoms with Crippen LogP contribution in [0.1, 0.15) is 29.2 Å². The van der Waals surface area contributed by atoms with Crippen molar-refractivity contribution in [2.75, 3.05) is 6.61 Å². The molecule has 0 amide bonds. The Morgan fingerprint density at radius 3 is 2.48 bits per heavy atom. The van der Waals surface area contributed by atoms with E-state index in [2.05, 4.69) is 43.1 Å². The van der Waals surface area contributed by atoms with Crippen LogP contribution in [0.3, 0.4) is 0 Å². The molecule has 1 saturated heterocycles. The van der Waals surface area contributed by atoms with E-state index in [0.717, 1.165) is 29.5 Å². The molecule has 0 saturated carbocycles. The lowest BCUT2D eigenvalue weighted by Gasteiger charge is -2.13. The zero-order valence-electron chi connectivity index (χ0n) is 13.7. The van der Waals surface area contributed by atoms with E-state index >= 15 is 0 Å². The minimum atomic E-state index is 0.732. The first-order valence-corrected chi connectivity index (χ1v) is 8.16. The molecule has 0 unspecified atom stereocenters. The van der Waals surface area contributed by atoms with Gasteiger partial charge < -0.3 is 4.74 Å². The van der Waals surface area contributed by atoms with E-state index in [9.17, 15) is 0 Å². The lowest BCUT2D eigenvalue weighted by atomic mass is 9.92. The van der Waals surface area contributed by atoms with Gasteiger partial charge in [0.25, 0.3) is 0 Å². The highest BCUT2D eigenvalue weighted by atomic mass is 35.5. The van der Waals surface area contributed by atoms with Gasteiger partial charge >= 0.3 is 0 Å². The average molecular weight is 326 g/mol. The average Bonchev–Trinajstić information content (AvgIpc) is 3.35. The van der Waals surface area contributed by atoms with E-state index in [1.165, 1.54) is 27.8 Å². The second-order valence-corrected chi connectivity index (χ2v) is 6.27. The molecule has 1 aliphatic heterocycles. The predicted octanol–water partition coefficient (Wildman–Crippen LogP) is 5.66. The molecular weight excluding hydrogens is 306 g/mol. The normalized spacial score (nSPS) is 15.7. The molecule has 2 aromatic carbocycles. The monoisotopic (exact) mass is 325 g/mol. The van der Waals surface area contributed by atoms with Gasteiger partial charge in [-0.1, -0.05) is 23.7 Å². The van der Waals surface area contributed by atoms with E-state index in [4.69, 9.17) is 16.3 Å². The van der Waals surface area contributed by atoms with Crippen molar-refractivity contribution in [2.45, 2.75) is 27.2 Å². The van der Waals surface area contributed by atoms with Gasteiger partial charge in [-0.25, -0.2) is 0 Å². The van der Waals surface area contributed by atoms with E-state index < -0.39 is 0 Å². The highest BCUT2D eigenvalue weighted by Gasteiger charge is 2.23. The van der Waals surface area contributed by atoms with Crippen LogP contribution in [0.25, 0.3) is 5.57 Å². The van der Waals surface area contributed by atoms with Crippen molar-refractivity contribution in [3.05, 3.63) is 69.4 Å². The fourth-order valence-electron chi connectivity index (χ4n) is 2.76. The lowest BCUT2D eigenvalue weighted by Crippen LogP contribution is -1.96. The van der Waals surface area contributed by atoms with Gasteiger partial charge in [0.1, 0.15) is 12.4 Å². The second-order valence-electron chi connectivity index (χ2n) is 5.83. The lowest BCUT2D eigenvalue weighted by molar-refractivity contribution is 0.510. The summed E-state index contributed by atoms with van der Waals surface area (Å²) in [5.41, 5.74) is 7.18. The van der Waals surface area contributed by atoms with Crippen LogP contribution in [0.5, 0.6) is 0 Å². The van der Waals surface area contributed by atoms with Gasteiger partial charge in [0, 0.05) is 23.2 Å². The van der Waals surface area contributed by atoms with Gasteiger partial charge in [-0.15, -0.1) is 0 Å². The van der Waals surface area contributed by atoms with Gasteiger partial charge in [-0.2, -0.15) is 0 Å². The Labute approximate surface area is 142 Å². The highest BCUT2D eigenvalue weighted by Crippen LogP contribution is 2.35. The fraction of sp³-hybridized carbons (Fsp3) is 0.250. The Kier molecular flexibility index (Phi) is 4.53. The summed E-state index contributed by atoms with van der Waals surface area (Å²) in [5, 5.41) is 0.763. The Morgan fingerprint density at radius 2 is 1.87 bits per heavy atom. The number of nitrogens with zero attached hydrogens (tertiary/aromatic N) is 1. The van der Waals surface area contributed by atoms with Crippen molar-refractivity contribution in [3.63, 3.8) is 0 Å². The standard InChI is InChI=1S/C20H20ClNO/c1-4-22-19-10-13(2)17(9-14(19)3)18(20-12-23-20)11-15-5-7-16(21)8-6-15/h4-10H,11-12H2,1-3H3/b20-18-,22-4?. The maximum Gasteiger partial charge on any atom is 0.145 e. The smallest absolute Gasteiger partial charge is 0.145 e. The van der Waals surface area contributed by atoms with E-state index in [1.54, 1.807) is 0 Å². The van der Waals surface area contributed by atoms with Crippen LogP contribution in [0, 0.1) is 13.8 Å². The summed E-state index contributed by atoms with van der Waals surface area (Å²) in [6.07, 6.45) is 2.68. The quantitative estimate of drug-likeness (QED) is 0.525. The SMILES string of the molecule is CC=Nc1cc(C)c(/C(Cc2ccc(Cl)cc2)=C2/CO2)cc1C. The zero-order chi connectivity index (χ0) is 16.4. The van der Waals surface area contributed by atoms with Crippen molar-refractivity contribution in [1.82, 2.24) is 0 Å². The number of hydrogen-bond acceptors (Lipinski definition) is 2. The Bertz CT molecular complexity index is 782. The molecule has 0 radical (unpaired) electrons. The number of benzene rings is 2. The molecule has 1 fully saturated rings. The molecule has 2 nitrogen and oxygen atoms in total. The summed E-state index contributed by atoms with van der Waals surface area (Å²) in [6, 6.07) is 12.4. The van der Waals surface area contributed by atoms with E-state index in [1.807, 2.05) is 25.3 Å². The summed E-state index contributed by atoms with van der Waals surface area (Å²) in [6.45, 7) is 6.91. The third-order valence-electron chi connectivity index (χ3n) is 4.06. The minimum Gasteiger partial charge on any atom is -0.486 e. The molecule has 0 aromatic heterocycles. The summed E-state index contributed by atoms with van der Waals surface area (Å²) >= 11 is 5.98. The number of aryl methyl sites for hydroxylation is 2. The molecular formula is C20H20ClNO. The number of allylic oxidation sites excluding steroid dienone is 1. The van der Waals surface area contributed by atoms with Gasteiger partial charge in [-0.3, -0.25) is 4.99 Å². The summed E-state index contributed by atoms with van der Waals surface area (Å²) in [5.74, 6) is 1.09. The van der Waals surface area contributed by atoms with Crippen LogP contribution in [0.15, 0.2) is 47.1 Å². The predicted molar refractivity (Wildman–Crippen MR) is 97.8 cm³/mol. The van der Waals surface area contributed by atoms with Crippen LogP contribution >= 0.6 is 11.6 Å². The summed E-state index contributed by atoms with van der Waals surface area (Å²) < 4.78 is 5.52. The zero-order valence-corrected chi connectivity index (χ0v) is 14.4. The number of aliphatic imine (C=N–C) groups is 1. The molecule has 1 aliphatic rings. The molecule has 0 spiro atoms. The Morgan fingerprint density at radius 1 is 1.17 bits per heavy atom. The number of halogens is 1. The number of ether oxygens (including phenoxy) is 1. The molecule has 118 valence electrons. The van der Waals surface area contributed by atoms with Crippen molar-refractivity contribution < 1.29 is 4.74 Å². The van der Waals surface area contributed by atoms with E-state index in [0.29, 0.717) is 0 Å². The van der Waals surface area contributed by atoms with Crippen LogP contribution in [0.2, 0.25) is 5.02 Å². The minimum absolute atomic E-state index is 0.732.